The first-order valence-electron chi connectivity index (χ1n) is 8.74. The van der Waals surface area contributed by atoms with Crippen LogP contribution in [0.1, 0.15) is 32.3 Å². The third-order valence-corrected chi connectivity index (χ3v) is 6.26. The van der Waals surface area contributed by atoms with Gasteiger partial charge in [0.15, 0.2) is 16.4 Å². The number of carbonyl (C=O) groups is 2. The smallest absolute Gasteiger partial charge is 0.331 e. The summed E-state index contributed by atoms with van der Waals surface area (Å²) in [5.74, 6) is -0.893. The Labute approximate surface area is 154 Å². The molecule has 26 heavy (non-hydrogen) atoms. The highest BCUT2D eigenvalue weighted by Gasteiger charge is 2.36. The molecule has 2 unspecified atom stereocenters. The van der Waals surface area contributed by atoms with Gasteiger partial charge < -0.3 is 9.64 Å². The lowest BCUT2D eigenvalue weighted by Gasteiger charge is -2.33. The molecule has 1 saturated heterocycles. The van der Waals surface area contributed by atoms with Crippen molar-refractivity contribution in [2.45, 2.75) is 38.8 Å². The maximum absolute atomic E-state index is 12.6. The van der Waals surface area contributed by atoms with E-state index in [9.17, 15) is 18.0 Å². The molecule has 1 amide bonds. The molecule has 0 aliphatic carbocycles. The first kappa shape index (κ1) is 20.2. The number of rotatable bonds is 7. The molecule has 1 aromatic carbocycles. The van der Waals surface area contributed by atoms with Crippen LogP contribution in [-0.2, 0) is 24.2 Å². The number of carbonyl (C=O) groups excluding carboxylic acids is 2. The van der Waals surface area contributed by atoms with E-state index in [4.69, 9.17) is 4.74 Å². The number of amides is 1. The summed E-state index contributed by atoms with van der Waals surface area (Å²) in [4.78, 5) is 25.9. The molecule has 1 aromatic rings. The molecule has 0 radical (unpaired) electrons. The largest absolute Gasteiger partial charge is 0.452 e. The minimum atomic E-state index is -3.10. The zero-order valence-corrected chi connectivity index (χ0v) is 15.9. The van der Waals surface area contributed by atoms with Gasteiger partial charge in [-0.1, -0.05) is 37.3 Å². The lowest BCUT2D eigenvalue weighted by atomic mass is 10.1. The second-order valence-corrected chi connectivity index (χ2v) is 8.70. The highest BCUT2D eigenvalue weighted by molar-refractivity contribution is 7.91. The zero-order chi connectivity index (χ0) is 19.2. The standard InChI is InChI=1S/C19H25NO5S/c1-3-15(2)20(17-11-12-26(23,24)14-17)18(21)13-25-19(22)10-9-16-7-5-4-6-8-16/h4-10,15,17H,3,11-14H2,1-2H3/b10-9+. The number of hydrogen-bond acceptors (Lipinski definition) is 5. The van der Waals surface area contributed by atoms with Crippen molar-refractivity contribution in [3.63, 3.8) is 0 Å². The van der Waals surface area contributed by atoms with Crippen molar-refractivity contribution in [2.75, 3.05) is 18.1 Å². The quantitative estimate of drug-likeness (QED) is 0.535. The molecule has 0 saturated carbocycles. The van der Waals surface area contributed by atoms with E-state index in [0.29, 0.717) is 12.8 Å². The van der Waals surface area contributed by atoms with E-state index >= 15 is 0 Å². The molecule has 6 nitrogen and oxygen atoms in total. The molecule has 1 aliphatic heterocycles. The fourth-order valence-electron chi connectivity index (χ4n) is 2.98. The van der Waals surface area contributed by atoms with Crippen molar-refractivity contribution >= 4 is 27.8 Å². The van der Waals surface area contributed by atoms with Crippen LogP contribution in [0.4, 0.5) is 0 Å². The Morgan fingerprint density at radius 2 is 2.00 bits per heavy atom. The minimum Gasteiger partial charge on any atom is -0.452 e. The topological polar surface area (TPSA) is 80.8 Å². The number of hydrogen-bond donors (Lipinski definition) is 0. The van der Waals surface area contributed by atoms with Crippen LogP contribution < -0.4 is 0 Å². The summed E-state index contributed by atoms with van der Waals surface area (Å²) >= 11 is 0. The van der Waals surface area contributed by atoms with Gasteiger partial charge in [0.25, 0.3) is 5.91 Å². The Morgan fingerprint density at radius 1 is 1.31 bits per heavy atom. The number of sulfone groups is 1. The van der Waals surface area contributed by atoms with Crippen LogP contribution >= 0.6 is 0 Å². The van der Waals surface area contributed by atoms with E-state index in [-0.39, 0.29) is 29.5 Å². The first-order chi connectivity index (χ1) is 12.3. The summed E-state index contributed by atoms with van der Waals surface area (Å²) in [5.41, 5.74) is 0.855. The predicted octanol–water partition coefficient (Wildman–Crippen LogP) is 2.06. The van der Waals surface area contributed by atoms with E-state index in [0.717, 1.165) is 5.56 Å². The predicted molar refractivity (Wildman–Crippen MR) is 100 cm³/mol. The van der Waals surface area contributed by atoms with E-state index in [1.165, 1.54) is 6.08 Å². The van der Waals surface area contributed by atoms with Crippen molar-refractivity contribution < 1.29 is 22.7 Å². The van der Waals surface area contributed by atoms with E-state index in [1.807, 2.05) is 44.2 Å². The summed E-state index contributed by atoms with van der Waals surface area (Å²) in [5, 5.41) is 0. The molecule has 1 fully saturated rings. The van der Waals surface area contributed by atoms with E-state index in [2.05, 4.69) is 0 Å². The molecule has 0 aromatic heterocycles. The SMILES string of the molecule is CCC(C)N(C(=O)COC(=O)/C=C/c1ccccc1)C1CCS(=O)(=O)C1. The van der Waals surface area contributed by atoms with Gasteiger partial charge in [-0.15, -0.1) is 0 Å². The third-order valence-electron chi connectivity index (χ3n) is 4.50. The fourth-order valence-corrected chi connectivity index (χ4v) is 4.70. The first-order valence-corrected chi connectivity index (χ1v) is 10.6. The highest BCUT2D eigenvalue weighted by Crippen LogP contribution is 2.21. The molecule has 142 valence electrons. The van der Waals surface area contributed by atoms with Crippen molar-refractivity contribution in [2.24, 2.45) is 0 Å². The Bertz CT molecular complexity index is 757. The van der Waals surface area contributed by atoms with Crippen molar-refractivity contribution in [3.05, 3.63) is 42.0 Å². The summed E-state index contributed by atoms with van der Waals surface area (Å²) < 4.78 is 28.5. The van der Waals surface area contributed by atoms with Crippen molar-refractivity contribution in [1.82, 2.24) is 4.90 Å². The second-order valence-electron chi connectivity index (χ2n) is 6.47. The number of ether oxygens (including phenoxy) is 1. The van der Waals surface area contributed by atoms with Crippen LogP contribution in [0.2, 0.25) is 0 Å². The van der Waals surface area contributed by atoms with Crippen LogP contribution in [0.5, 0.6) is 0 Å². The molecule has 7 heteroatoms. The number of esters is 1. The average Bonchev–Trinajstić information content (AvgIpc) is 2.98. The molecule has 2 atom stereocenters. The normalized spacial score (nSPS) is 20.0. The maximum Gasteiger partial charge on any atom is 0.331 e. The van der Waals surface area contributed by atoms with Crippen LogP contribution in [0.25, 0.3) is 6.08 Å². The fraction of sp³-hybridized carbons (Fsp3) is 0.474. The van der Waals surface area contributed by atoms with Crippen LogP contribution in [0.15, 0.2) is 36.4 Å². The molecule has 0 bridgehead atoms. The van der Waals surface area contributed by atoms with Crippen LogP contribution in [-0.4, -0.2) is 55.4 Å². The minimum absolute atomic E-state index is 0.0229. The Balaban J connectivity index is 1.94. The van der Waals surface area contributed by atoms with E-state index < -0.39 is 22.4 Å². The molecular formula is C19H25NO5S. The molecular weight excluding hydrogens is 354 g/mol. The third kappa shape index (κ3) is 5.69. The summed E-state index contributed by atoms with van der Waals surface area (Å²) in [6.45, 7) is 3.42. The van der Waals surface area contributed by atoms with Gasteiger partial charge in [-0.25, -0.2) is 13.2 Å². The molecule has 0 spiro atoms. The summed E-state index contributed by atoms with van der Waals surface area (Å²) in [6, 6.07) is 8.82. The van der Waals surface area contributed by atoms with Gasteiger partial charge in [-0.3, -0.25) is 4.79 Å². The van der Waals surface area contributed by atoms with Gasteiger partial charge in [0.2, 0.25) is 0 Å². The highest BCUT2D eigenvalue weighted by atomic mass is 32.2. The van der Waals surface area contributed by atoms with Gasteiger partial charge in [0, 0.05) is 18.2 Å². The number of benzene rings is 1. The van der Waals surface area contributed by atoms with Crippen molar-refractivity contribution in [3.8, 4) is 0 Å². The number of nitrogens with zero attached hydrogens (tertiary/aromatic N) is 1. The Hall–Kier alpha value is -2.15. The molecule has 2 rings (SSSR count). The second kappa shape index (κ2) is 8.98. The van der Waals surface area contributed by atoms with E-state index in [1.54, 1.807) is 11.0 Å². The van der Waals surface area contributed by atoms with Crippen LogP contribution in [0.3, 0.4) is 0 Å². The Morgan fingerprint density at radius 3 is 2.58 bits per heavy atom. The monoisotopic (exact) mass is 379 g/mol. The average molecular weight is 379 g/mol. The Kier molecular flexibility index (Phi) is 6.97. The summed E-state index contributed by atoms with van der Waals surface area (Å²) in [7, 11) is -3.10. The summed E-state index contributed by atoms with van der Waals surface area (Å²) in [6.07, 6.45) is 4.02. The van der Waals surface area contributed by atoms with Crippen molar-refractivity contribution in [1.29, 1.82) is 0 Å². The van der Waals surface area contributed by atoms with Gasteiger partial charge in [-0.05, 0) is 31.4 Å². The lowest BCUT2D eigenvalue weighted by molar-refractivity contribution is -0.150. The lowest BCUT2D eigenvalue weighted by Crippen LogP contribution is -2.48. The van der Waals surface area contributed by atoms with Gasteiger partial charge in [0.1, 0.15) is 0 Å². The van der Waals surface area contributed by atoms with Gasteiger partial charge >= 0.3 is 5.97 Å². The van der Waals surface area contributed by atoms with Gasteiger partial charge in [0.05, 0.1) is 11.5 Å². The van der Waals surface area contributed by atoms with Crippen LogP contribution in [0, 0.1) is 0 Å². The molecule has 1 heterocycles. The van der Waals surface area contributed by atoms with Gasteiger partial charge in [-0.2, -0.15) is 0 Å². The molecule has 0 N–H and O–H groups in total. The maximum atomic E-state index is 12.6. The zero-order valence-electron chi connectivity index (χ0n) is 15.1. The molecule has 1 aliphatic rings.